The SMILES string of the molecule is CCCCNC(=NCC(=O)N(C)C)NCC(C(CC)CC)N1CCOCC1. The Balaban J connectivity index is 2.75. The third-order valence-electron chi connectivity index (χ3n) is 5.28. The van der Waals surface area contributed by atoms with Gasteiger partial charge in [-0.2, -0.15) is 0 Å². The molecular weight excluding hydrogens is 342 g/mol. The van der Waals surface area contributed by atoms with E-state index in [1.165, 1.54) is 0 Å². The van der Waals surface area contributed by atoms with Gasteiger partial charge in [0.1, 0.15) is 6.54 Å². The van der Waals surface area contributed by atoms with Crippen LogP contribution in [0.3, 0.4) is 0 Å². The molecule has 0 aromatic carbocycles. The van der Waals surface area contributed by atoms with Gasteiger partial charge in [0.2, 0.25) is 5.91 Å². The van der Waals surface area contributed by atoms with Crippen LogP contribution in [0.2, 0.25) is 0 Å². The molecule has 1 heterocycles. The van der Waals surface area contributed by atoms with Crippen molar-refractivity contribution in [1.29, 1.82) is 0 Å². The van der Waals surface area contributed by atoms with Crippen LogP contribution in [-0.4, -0.2) is 87.7 Å². The normalized spacial score (nSPS) is 17.0. The molecule has 1 unspecified atom stereocenters. The van der Waals surface area contributed by atoms with Crippen LogP contribution in [0.5, 0.6) is 0 Å². The van der Waals surface area contributed by atoms with Crippen molar-refractivity contribution in [3.63, 3.8) is 0 Å². The number of amides is 1. The van der Waals surface area contributed by atoms with Crippen molar-refractivity contribution in [2.24, 2.45) is 10.9 Å². The minimum Gasteiger partial charge on any atom is -0.379 e. The van der Waals surface area contributed by atoms with Crippen LogP contribution >= 0.6 is 0 Å². The van der Waals surface area contributed by atoms with Gasteiger partial charge in [0.05, 0.1) is 13.2 Å². The molecular formula is C20H41N5O2. The second-order valence-electron chi connectivity index (χ2n) is 7.41. The molecule has 1 aliphatic heterocycles. The fraction of sp³-hybridized carbons (Fsp3) is 0.900. The quantitative estimate of drug-likeness (QED) is 0.322. The molecule has 1 aliphatic rings. The molecule has 0 aromatic rings. The van der Waals surface area contributed by atoms with Gasteiger partial charge >= 0.3 is 0 Å². The molecule has 1 amide bonds. The van der Waals surface area contributed by atoms with E-state index in [9.17, 15) is 4.79 Å². The van der Waals surface area contributed by atoms with E-state index in [2.05, 4.69) is 41.3 Å². The van der Waals surface area contributed by atoms with E-state index >= 15 is 0 Å². The molecule has 7 heteroatoms. The third kappa shape index (κ3) is 8.93. The largest absolute Gasteiger partial charge is 0.379 e. The van der Waals surface area contributed by atoms with Crippen LogP contribution in [0.25, 0.3) is 0 Å². The van der Waals surface area contributed by atoms with E-state index in [1.807, 2.05) is 0 Å². The molecule has 27 heavy (non-hydrogen) atoms. The number of nitrogens with one attached hydrogen (secondary N) is 2. The summed E-state index contributed by atoms with van der Waals surface area (Å²) < 4.78 is 5.53. The molecule has 1 fully saturated rings. The number of ether oxygens (including phenoxy) is 1. The fourth-order valence-corrected chi connectivity index (χ4v) is 3.38. The highest BCUT2D eigenvalue weighted by Gasteiger charge is 2.27. The first kappa shape index (κ1) is 23.7. The molecule has 0 bridgehead atoms. The number of rotatable bonds is 11. The zero-order valence-corrected chi connectivity index (χ0v) is 18.1. The summed E-state index contributed by atoms with van der Waals surface area (Å²) in [5.41, 5.74) is 0. The Morgan fingerprint density at radius 1 is 1.15 bits per heavy atom. The molecule has 0 radical (unpaired) electrons. The second-order valence-corrected chi connectivity index (χ2v) is 7.41. The number of unbranched alkanes of at least 4 members (excludes halogenated alkanes) is 1. The average Bonchev–Trinajstić information content (AvgIpc) is 2.69. The van der Waals surface area contributed by atoms with Crippen molar-refractivity contribution in [2.45, 2.75) is 52.5 Å². The lowest BCUT2D eigenvalue weighted by Gasteiger charge is -2.39. The number of likely N-dealkylation sites (N-methyl/N-ethyl adjacent to an activating group) is 1. The molecule has 0 aromatic heterocycles. The van der Waals surface area contributed by atoms with Gasteiger partial charge in [-0.15, -0.1) is 0 Å². The second kappa shape index (κ2) is 13.8. The van der Waals surface area contributed by atoms with E-state index < -0.39 is 0 Å². The Morgan fingerprint density at radius 3 is 2.37 bits per heavy atom. The van der Waals surface area contributed by atoms with E-state index in [0.717, 1.165) is 71.0 Å². The summed E-state index contributed by atoms with van der Waals surface area (Å²) in [4.78, 5) is 20.5. The number of aliphatic imine (C=N–C) groups is 1. The lowest BCUT2D eigenvalue weighted by Crippen LogP contribution is -2.53. The summed E-state index contributed by atoms with van der Waals surface area (Å²) in [6.45, 7) is 12.2. The predicted octanol–water partition coefficient (Wildman–Crippen LogP) is 1.55. The van der Waals surface area contributed by atoms with Gasteiger partial charge in [0.15, 0.2) is 5.96 Å². The number of nitrogens with zero attached hydrogens (tertiary/aromatic N) is 3. The van der Waals surface area contributed by atoms with Gasteiger partial charge in [-0.05, 0) is 12.3 Å². The lowest BCUT2D eigenvalue weighted by molar-refractivity contribution is -0.127. The van der Waals surface area contributed by atoms with Gasteiger partial charge in [-0.3, -0.25) is 9.69 Å². The van der Waals surface area contributed by atoms with E-state index in [4.69, 9.17) is 4.74 Å². The van der Waals surface area contributed by atoms with E-state index in [-0.39, 0.29) is 12.5 Å². The zero-order chi connectivity index (χ0) is 20.1. The van der Waals surface area contributed by atoms with Gasteiger partial charge < -0.3 is 20.3 Å². The number of guanidine groups is 1. The van der Waals surface area contributed by atoms with Crippen molar-refractivity contribution in [3.05, 3.63) is 0 Å². The summed E-state index contributed by atoms with van der Waals surface area (Å²) >= 11 is 0. The van der Waals surface area contributed by atoms with Crippen LogP contribution in [0.15, 0.2) is 4.99 Å². The Hall–Kier alpha value is -1.34. The summed E-state index contributed by atoms with van der Waals surface area (Å²) in [5.74, 6) is 1.38. The Morgan fingerprint density at radius 2 is 1.81 bits per heavy atom. The highest BCUT2D eigenvalue weighted by molar-refractivity contribution is 5.84. The smallest absolute Gasteiger partial charge is 0.243 e. The minimum absolute atomic E-state index is 0.0105. The average molecular weight is 384 g/mol. The van der Waals surface area contributed by atoms with E-state index in [0.29, 0.717) is 12.0 Å². The summed E-state index contributed by atoms with van der Waals surface area (Å²) in [7, 11) is 3.52. The number of carbonyl (C=O) groups is 1. The number of morpholine rings is 1. The summed E-state index contributed by atoms with van der Waals surface area (Å²) in [5, 5.41) is 6.88. The molecule has 0 saturated carbocycles. The topological polar surface area (TPSA) is 69.2 Å². The van der Waals surface area contributed by atoms with Gasteiger partial charge in [-0.25, -0.2) is 4.99 Å². The molecule has 0 aliphatic carbocycles. The summed E-state index contributed by atoms with van der Waals surface area (Å²) in [6.07, 6.45) is 4.53. The Kier molecular flexibility index (Phi) is 12.1. The first-order chi connectivity index (χ1) is 13.0. The highest BCUT2D eigenvalue weighted by atomic mass is 16.5. The molecule has 1 atom stereocenters. The van der Waals surface area contributed by atoms with Crippen molar-refractivity contribution < 1.29 is 9.53 Å². The Bertz CT molecular complexity index is 432. The predicted molar refractivity (Wildman–Crippen MR) is 112 cm³/mol. The number of carbonyl (C=O) groups excluding carboxylic acids is 1. The number of hydrogen-bond acceptors (Lipinski definition) is 4. The van der Waals surface area contributed by atoms with Gasteiger partial charge in [-0.1, -0.05) is 40.0 Å². The molecule has 1 rings (SSSR count). The van der Waals surface area contributed by atoms with Crippen LogP contribution in [0.4, 0.5) is 0 Å². The van der Waals surface area contributed by atoms with Crippen molar-refractivity contribution in [3.8, 4) is 0 Å². The monoisotopic (exact) mass is 383 g/mol. The van der Waals surface area contributed by atoms with Gasteiger partial charge in [0, 0.05) is 46.3 Å². The maximum Gasteiger partial charge on any atom is 0.243 e. The van der Waals surface area contributed by atoms with Crippen LogP contribution in [-0.2, 0) is 9.53 Å². The van der Waals surface area contributed by atoms with Crippen LogP contribution in [0.1, 0.15) is 46.5 Å². The van der Waals surface area contributed by atoms with Crippen molar-refractivity contribution >= 4 is 11.9 Å². The van der Waals surface area contributed by atoms with Crippen LogP contribution < -0.4 is 10.6 Å². The fourth-order valence-electron chi connectivity index (χ4n) is 3.38. The maximum absolute atomic E-state index is 11.9. The lowest BCUT2D eigenvalue weighted by atomic mass is 9.92. The zero-order valence-electron chi connectivity index (χ0n) is 18.1. The van der Waals surface area contributed by atoms with Crippen LogP contribution in [0, 0.1) is 5.92 Å². The molecule has 7 nitrogen and oxygen atoms in total. The first-order valence-electron chi connectivity index (χ1n) is 10.6. The third-order valence-corrected chi connectivity index (χ3v) is 5.28. The van der Waals surface area contributed by atoms with E-state index in [1.54, 1.807) is 19.0 Å². The summed E-state index contributed by atoms with van der Waals surface area (Å²) in [6, 6.07) is 0.451. The van der Waals surface area contributed by atoms with Gasteiger partial charge in [0.25, 0.3) is 0 Å². The molecule has 1 saturated heterocycles. The maximum atomic E-state index is 11.9. The Labute approximate surface area is 165 Å². The standard InChI is InChI=1S/C20H41N5O2/c1-6-9-10-21-20(23-16-19(26)24(4)5)22-15-18(17(7-2)8-3)25-11-13-27-14-12-25/h17-18H,6-16H2,1-5H3,(H2,21,22,23). The first-order valence-corrected chi connectivity index (χ1v) is 10.6. The number of hydrogen-bond donors (Lipinski definition) is 2. The minimum atomic E-state index is 0.0105. The molecule has 2 N–H and O–H groups in total. The van der Waals surface area contributed by atoms with Crippen molar-refractivity contribution in [2.75, 3.05) is 60.0 Å². The molecule has 158 valence electrons. The molecule has 0 spiro atoms. The van der Waals surface area contributed by atoms with Crippen molar-refractivity contribution in [1.82, 2.24) is 20.4 Å². The highest BCUT2D eigenvalue weighted by Crippen LogP contribution is 2.19.